The van der Waals surface area contributed by atoms with Gasteiger partial charge in [0.2, 0.25) is 12.0 Å². The zero-order valence-electron chi connectivity index (χ0n) is 16.9. The van der Waals surface area contributed by atoms with Gasteiger partial charge in [-0.05, 0) is 43.7 Å². The highest BCUT2D eigenvalue weighted by atomic mass is 35.5. The van der Waals surface area contributed by atoms with Crippen molar-refractivity contribution < 1.29 is 14.3 Å². The molecule has 0 saturated carbocycles. The number of halogens is 1. The lowest BCUT2D eigenvalue weighted by Crippen LogP contribution is -2.74. The zero-order valence-corrected chi connectivity index (χ0v) is 17.7. The minimum atomic E-state index is -1.06. The molecule has 31 heavy (non-hydrogen) atoms. The highest BCUT2D eigenvalue weighted by molar-refractivity contribution is 6.30. The Morgan fingerprint density at radius 1 is 1.06 bits per heavy atom. The second-order valence-electron chi connectivity index (χ2n) is 7.73. The van der Waals surface area contributed by atoms with Gasteiger partial charge in [0.15, 0.2) is 0 Å². The van der Waals surface area contributed by atoms with Crippen LogP contribution in [0.2, 0.25) is 5.02 Å². The van der Waals surface area contributed by atoms with Crippen molar-refractivity contribution >= 4 is 29.1 Å². The van der Waals surface area contributed by atoms with E-state index in [9.17, 15) is 9.59 Å². The molecule has 7 nitrogen and oxygen atoms in total. The normalized spacial score (nSPS) is 22.0. The molecule has 0 radical (unpaired) electrons. The lowest BCUT2D eigenvalue weighted by atomic mass is 9.69. The standard InChI is InChI=1S/C23H19ClN4O3/c1-13-10-14(2)26-22(25-13)31-20-21(30)28-12-19(29)27-18-9-8-16(24)11-17(18)23(20,28)15-6-4-3-5-7-15/h3-11,20H,12H2,1-2H3,(H,27,29)/t20-,23+/m1/s1. The first-order valence-electron chi connectivity index (χ1n) is 9.85. The van der Waals surface area contributed by atoms with Gasteiger partial charge in [0, 0.05) is 27.7 Å². The van der Waals surface area contributed by atoms with Crippen LogP contribution in [-0.4, -0.2) is 39.3 Å². The van der Waals surface area contributed by atoms with Crippen molar-refractivity contribution in [2.45, 2.75) is 25.5 Å². The second-order valence-corrected chi connectivity index (χ2v) is 8.16. The van der Waals surface area contributed by atoms with Crippen LogP contribution < -0.4 is 10.1 Å². The predicted octanol–water partition coefficient (Wildman–Crippen LogP) is 3.23. The molecule has 0 aliphatic carbocycles. The van der Waals surface area contributed by atoms with Gasteiger partial charge in [-0.2, -0.15) is 0 Å². The Hall–Kier alpha value is -3.45. The second kappa shape index (κ2) is 7.06. The summed E-state index contributed by atoms with van der Waals surface area (Å²) < 4.78 is 6.14. The molecule has 1 aromatic heterocycles. The molecule has 0 unspecified atom stereocenters. The number of carbonyl (C=O) groups is 2. The van der Waals surface area contributed by atoms with Crippen molar-refractivity contribution in [3.05, 3.63) is 82.1 Å². The summed E-state index contributed by atoms with van der Waals surface area (Å²) in [7, 11) is 0. The minimum Gasteiger partial charge on any atom is -0.447 e. The van der Waals surface area contributed by atoms with Crippen LogP contribution >= 0.6 is 11.6 Å². The van der Waals surface area contributed by atoms with E-state index in [4.69, 9.17) is 16.3 Å². The quantitative estimate of drug-likeness (QED) is 0.640. The van der Waals surface area contributed by atoms with E-state index in [2.05, 4.69) is 15.3 Å². The van der Waals surface area contributed by atoms with Crippen molar-refractivity contribution in [2.24, 2.45) is 0 Å². The third kappa shape index (κ3) is 2.96. The van der Waals surface area contributed by atoms with Crippen LogP contribution in [-0.2, 0) is 15.1 Å². The first-order chi connectivity index (χ1) is 14.9. The summed E-state index contributed by atoms with van der Waals surface area (Å²) in [4.78, 5) is 36.1. The number of ether oxygens (including phenoxy) is 1. The number of anilines is 1. The fourth-order valence-corrected chi connectivity index (χ4v) is 4.65. The van der Waals surface area contributed by atoms with Gasteiger partial charge in [0.25, 0.3) is 5.91 Å². The van der Waals surface area contributed by atoms with Gasteiger partial charge in [0.05, 0.1) is 0 Å². The Labute approximate surface area is 184 Å². The highest BCUT2D eigenvalue weighted by Gasteiger charge is 2.66. The molecule has 1 saturated heterocycles. The number of β-lactam (4-membered cyclic amide) rings is 1. The lowest BCUT2D eigenvalue weighted by Gasteiger charge is -2.55. The van der Waals surface area contributed by atoms with Crippen LogP contribution in [0.1, 0.15) is 22.5 Å². The largest absolute Gasteiger partial charge is 0.447 e. The first kappa shape index (κ1) is 19.5. The van der Waals surface area contributed by atoms with Crippen LogP contribution in [0.25, 0.3) is 0 Å². The number of aryl methyl sites for hydroxylation is 2. The van der Waals surface area contributed by atoms with Crippen molar-refractivity contribution in [3.8, 4) is 6.01 Å². The molecule has 2 aromatic carbocycles. The predicted molar refractivity (Wildman–Crippen MR) is 115 cm³/mol. The summed E-state index contributed by atoms with van der Waals surface area (Å²) in [6, 6.07) is 16.7. The monoisotopic (exact) mass is 434 g/mol. The third-order valence-corrected chi connectivity index (χ3v) is 5.90. The number of nitrogens with one attached hydrogen (secondary N) is 1. The number of fused-ring (bicyclic) bond motifs is 3. The van der Waals surface area contributed by atoms with Gasteiger partial charge >= 0.3 is 6.01 Å². The molecule has 0 bridgehead atoms. The van der Waals surface area contributed by atoms with Gasteiger partial charge in [-0.15, -0.1) is 0 Å². The van der Waals surface area contributed by atoms with Gasteiger partial charge in [-0.1, -0.05) is 41.9 Å². The molecule has 2 aliphatic heterocycles. The Morgan fingerprint density at radius 2 is 1.77 bits per heavy atom. The first-order valence-corrected chi connectivity index (χ1v) is 10.2. The molecule has 2 atom stereocenters. The fourth-order valence-electron chi connectivity index (χ4n) is 4.48. The van der Waals surface area contributed by atoms with Crippen molar-refractivity contribution in [3.63, 3.8) is 0 Å². The summed E-state index contributed by atoms with van der Waals surface area (Å²) in [6.07, 6.45) is -0.957. The van der Waals surface area contributed by atoms with E-state index in [1.807, 2.05) is 50.2 Å². The number of carbonyl (C=O) groups excluding carboxylic acids is 2. The molecule has 3 heterocycles. The van der Waals surface area contributed by atoms with E-state index < -0.39 is 11.6 Å². The Kier molecular flexibility index (Phi) is 4.44. The number of hydrogen-bond acceptors (Lipinski definition) is 5. The van der Waals surface area contributed by atoms with Crippen molar-refractivity contribution in [2.75, 3.05) is 11.9 Å². The van der Waals surface area contributed by atoms with Crippen LogP contribution in [0.4, 0.5) is 5.69 Å². The summed E-state index contributed by atoms with van der Waals surface area (Å²) >= 11 is 6.36. The molecule has 0 spiro atoms. The minimum absolute atomic E-state index is 0.104. The van der Waals surface area contributed by atoms with Crippen LogP contribution in [0.5, 0.6) is 6.01 Å². The molecule has 8 heteroatoms. The molecular formula is C23H19ClN4O3. The van der Waals surface area contributed by atoms with Crippen LogP contribution in [0.15, 0.2) is 54.6 Å². The Bertz CT molecular complexity index is 1200. The summed E-state index contributed by atoms with van der Waals surface area (Å²) in [6.45, 7) is 3.58. The maximum atomic E-state index is 13.3. The summed E-state index contributed by atoms with van der Waals surface area (Å²) in [5.74, 6) is -0.592. The smallest absolute Gasteiger partial charge is 0.317 e. The average molecular weight is 435 g/mol. The average Bonchev–Trinajstić information content (AvgIpc) is 2.84. The third-order valence-electron chi connectivity index (χ3n) is 5.66. The molecule has 2 amide bonds. The van der Waals surface area contributed by atoms with Crippen molar-refractivity contribution in [1.29, 1.82) is 0 Å². The number of benzene rings is 2. The number of nitrogens with zero attached hydrogens (tertiary/aromatic N) is 3. The molecule has 5 rings (SSSR count). The van der Waals surface area contributed by atoms with Crippen molar-refractivity contribution in [1.82, 2.24) is 14.9 Å². The van der Waals surface area contributed by atoms with E-state index in [0.29, 0.717) is 16.3 Å². The number of amides is 2. The summed E-state index contributed by atoms with van der Waals surface area (Å²) in [5.41, 5.74) is 2.50. The van der Waals surface area contributed by atoms with Crippen LogP contribution in [0, 0.1) is 13.8 Å². The topological polar surface area (TPSA) is 84.4 Å². The lowest BCUT2D eigenvalue weighted by molar-refractivity contribution is -0.177. The summed E-state index contributed by atoms with van der Waals surface area (Å²) in [5, 5.41) is 3.38. The van der Waals surface area contributed by atoms with E-state index in [1.54, 1.807) is 18.2 Å². The van der Waals surface area contributed by atoms with Gasteiger partial charge in [0.1, 0.15) is 12.1 Å². The zero-order chi connectivity index (χ0) is 21.8. The maximum Gasteiger partial charge on any atom is 0.317 e. The number of hydrogen-bond donors (Lipinski definition) is 1. The van der Waals surface area contributed by atoms with E-state index in [0.717, 1.165) is 17.0 Å². The molecule has 1 N–H and O–H groups in total. The Morgan fingerprint density at radius 3 is 2.48 bits per heavy atom. The number of aromatic nitrogens is 2. The fraction of sp³-hybridized carbons (Fsp3) is 0.217. The van der Waals surface area contributed by atoms with Crippen LogP contribution in [0.3, 0.4) is 0 Å². The van der Waals surface area contributed by atoms with Gasteiger partial charge in [-0.25, -0.2) is 9.97 Å². The number of rotatable bonds is 3. The molecule has 2 aliphatic rings. The Balaban J connectivity index is 1.74. The van der Waals surface area contributed by atoms with E-state index in [1.165, 1.54) is 4.90 Å². The molecule has 1 fully saturated rings. The SMILES string of the molecule is Cc1cc(C)nc(O[C@@H]2C(=O)N3CC(=O)Nc4ccc(Cl)cc4[C@@]23c2ccccc2)n1. The molecule has 156 valence electrons. The molecule has 3 aromatic rings. The maximum absolute atomic E-state index is 13.3. The highest BCUT2D eigenvalue weighted by Crippen LogP contribution is 2.52. The van der Waals surface area contributed by atoms with Gasteiger partial charge < -0.3 is 15.0 Å². The molecular weight excluding hydrogens is 416 g/mol. The van der Waals surface area contributed by atoms with E-state index >= 15 is 0 Å². The van der Waals surface area contributed by atoms with E-state index in [-0.39, 0.29) is 24.4 Å². The van der Waals surface area contributed by atoms with Gasteiger partial charge in [-0.3, -0.25) is 9.59 Å².